The van der Waals surface area contributed by atoms with Crippen molar-refractivity contribution in [3.63, 3.8) is 0 Å². The Labute approximate surface area is 137 Å². The van der Waals surface area contributed by atoms with Crippen LogP contribution in [0.25, 0.3) is 6.08 Å². The van der Waals surface area contributed by atoms with Crippen LogP contribution >= 0.6 is 0 Å². The first-order valence-electron chi connectivity index (χ1n) is 7.51. The van der Waals surface area contributed by atoms with Crippen LogP contribution in [0.15, 0.2) is 55.1 Å². The van der Waals surface area contributed by atoms with Crippen molar-refractivity contribution in [1.29, 1.82) is 0 Å². The van der Waals surface area contributed by atoms with Crippen molar-refractivity contribution >= 4 is 12.0 Å². The van der Waals surface area contributed by atoms with Crippen molar-refractivity contribution in [1.82, 2.24) is 20.2 Å². The van der Waals surface area contributed by atoms with Crippen LogP contribution in [-0.2, 0) is 11.8 Å². The number of pyridine rings is 2. The highest BCUT2D eigenvalue weighted by Gasteiger charge is 2.37. The van der Waals surface area contributed by atoms with E-state index in [1.54, 1.807) is 12.4 Å². The average Bonchev–Trinajstić information content (AvgIpc) is 3.06. The van der Waals surface area contributed by atoms with Crippen LogP contribution in [0.5, 0.6) is 0 Å². The van der Waals surface area contributed by atoms with Gasteiger partial charge < -0.3 is 5.11 Å². The van der Waals surface area contributed by atoms with E-state index >= 15 is 0 Å². The van der Waals surface area contributed by atoms with Gasteiger partial charge in [0.15, 0.2) is 5.69 Å². The second-order valence-corrected chi connectivity index (χ2v) is 5.73. The summed E-state index contributed by atoms with van der Waals surface area (Å²) in [7, 11) is 0. The maximum Gasteiger partial charge on any atom is 0.357 e. The summed E-state index contributed by atoms with van der Waals surface area (Å²) >= 11 is 0. The fraction of sp³-hybridized carbons (Fsp3) is 0.111. The van der Waals surface area contributed by atoms with Gasteiger partial charge in [-0.1, -0.05) is 24.3 Å². The van der Waals surface area contributed by atoms with Gasteiger partial charge in [0.2, 0.25) is 0 Å². The summed E-state index contributed by atoms with van der Waals surface area (Å²) in [6.07, 6.45) is 11.5. The number of aromatic amines is 1. The molecule has 0 fully saturated rings. The smallest absolute Gasteiger partial charge is 0.357 e. The van der Waals surface area contributed by atoms with Crippen molar-refractivity contribution in [3.05, 3.63) is 83.2 Å². The number of carbonyl (C=O) groups is 1. The third-order valence-electron chi connectivity index (χ3n) is 4.43. The Morgan fingerprint density at radius 1 is 1.12 bits per heavy atom. The molecule has 4 rings (SSSR count). The third-order valence-corrected chi connectivity index (χ3v) is 4.43. The van der Waals surface area contributed by atoms with Crippen molar-refractivity contribution in [2.75, 3.05) is 0 Å². The normalized spacial score (nSPS) is 15.0. The number of hydrogen-bond donors (Lipinski definition) is 2. The summed E-state index contributed by atoms with van der Waals surface area (Å²) in [5.74, 6) is -1.03. The van der Waals surface area contributed by atoms with Crippen LogP contribution in [0.3, 0.4) is 0 Å². The lowest BCUT2D eigenvalue weighted by Crippen LogP contribution is -2.31. The van der Waals surface area contributed by atoms with Crippen LogP contribution < -0.4 is 0 Å². The lowest BCUT2D eigenvalue weighted by atomic mass is 9.69. The minimum atomic E-state index is -1.03. The lowest BCUT2D eigenvalue weighted by molar-refractivity contribution is 0.0690. The van der Waals surface area contributed by atoms with Crippen LogP contribution in [-0.4, -0.2) is 31.2 Å². The molecule has 6 nitrogen and oxygen atoms in total. The van der Waals surface area contributed by atoms with E-state index in [4.69, 9.17) is 0 Å². The van der Waals surface area contributed by atoms with E-state index in [0.717, 1.165) is 16.8 Å². The number of nitrogens with zero attached hydrogens (tertiary/aromatic N) is 3. The average molecular weight is 318 g/mol. The van der Waals surface area contributed by atoms with Crippen molar-refractivity contribution in [2.24, 2.45) is 0 Å². The zero-order valence-corrected chi connectivity index (χ0v) is 12.7. The van der Waals surface area contributed by atoms with Gasteiger partial charge >= 0.3 is 5.97 Å². The maximum atomic E-state index is 11.3. The van der Waals surface area contributed by atoms with E-state index in [1.165, 1.54) is 0 Å². The van der Waals surface area contributed by atoms with Gasteiger partial charge in [-0.3, -0.25) is 15.1 Å². The Morgan fingerprint density at radius 2 is 1.79 bits per heavy atom. The zero-order valence-electron chi connectivity index (χ0n) is 12.7. The molecule has 2 N–H and O–H groups in total. The summed E-state index contributed by atoms with van der Waals surface area (Å²) in [4.78, 5) is 19.8. The molecule has 1 aliphatic rings. The molecule has 3 heterocycles. The molecule has 24 heavy (non-hydrogen) atoms. The second-order valence-electron chi connectivity index (χ2n) is 5.73. The second kappa shape index (κ2) is 5.42. The first-order chi connectivity index (χ1) is 11.7. The van der Waals surface area contributed by atoms with Gasteiger partial charge in [-0.05, 0) is 23.3 Å². The highest BCUT2D eigenvalue weighted by Crippen LogP contribution is 2.41. The minimum Gasteiger partial charge on any atom is -0.476 e. The van der Waals surface area contributed by atoms with Gasteiger partial charge in [0.05, 0.1) is 0 Å². The van der Waals surface area contributed by atoms with E-state index in [9.17, 15) is 9.90 Å². The van der Waals surface area contributed by atoms with Gasteiger partial charge in [-0.15, -0.1) is 0 Å². The van der Waals surface area contributed by atoms with Gasteiger partial charge in [-0.25, -0.2) is 4.79 Å². The molecule has 0 unspecified atom stereocenters. The number of H-pyrrole nitrogens is 1. The Balaban J connectivity index is 1.90. The number of nitrogens with one attached hydrogen (secondary N) is 1. The molecule has 118 valence electrons. The lowest BCUT2D eigenvalue weighted by Gasteiger charge is -2.33. The molecule has 0 amide bonds. The maximum absolute atomic E-state index is 11.3. The molecule has 3 aromatic rings. The summed E-state index contributed by atoms with van der Waals surface area (Å²) in [6, 6.07) is 7.83. The predicted octanol–water partition coefficient (Wildman–Crippen LogP) is 2.45. The van der Waals surface area contributed by atoms with Crippen LogP contribution in [0.2, 0.25) is 0 Å². The first-order valence-corrected chi connectivity index (χ1v) is 7.51. The molecular weight excluding hydrogens is 304 g/mol. The fourth-order valence-electron chi connectivity index (χ4n) is 3.24. The van der Waals surface area contributed by atoms with Gasteiger partial charge in [-0.2, -0.15) is 5.10 Å². The third kappa shape index (κ3) is 2.11. The van der Waals surface area contributed by atoms with Crippen molar-refractivity contribution < 1.29 is 9.90 Å². The molecule has 0 radical (unpaired) electrons. The van der Waals surface area contributed by atoms with Crippen LogP contribution in [0, 0.1) is 0 Å². The highest BCUT2D eigenvalue weighted by atomic mass is 16.4. The van der Waals surface area contributed by atoms with Gasteiger partial charge in [0.1, 0.15) is 0 Å². The number of aromatic carboxylic acids is 1. The number of aromatic nitrogens is 4. The fourth-order valence-corrected chi connectivity index (χ4v) is 3.24. The summed E-state index contributed by atoms with van der Waals surface area (Å²) in [5.41, 5.74) is 3.05. The Kier molecular flexibility index (Phi) is 3.23. The molecule has 0 aliphatic heterocycles. The van der Waals surface area contributed by atoms with Crippen molar-refractivity contribution in [2.45, 2.75) is 11.8 Å². The number of fused-ring (bicyclic) bond motifs is 1. The molecule has 3 aromatic heterocycles. The van der Waals surface area contributed by atoms with E-state index in [-0.39, 0.29) is 5.69 Å². The Hall–Kier alpha value is -3.28. The quantitative estimate of drug-likeness (QED) is 0.774. The molecule has 6 heteroatoms. The summed E-state index contributed by atoms with van der Waals surface area (Å²) in [6.45, 7) is 0. The number of carboxylic acid groups (broad SMARTS) is 1. The van der Waals surface area contributed by atoms with E-state index in [0.29, 0.717) is 12.0 Å². The molecule has 1 aliphatic carbocycles. The molecule has 0 aromatic carbocycles. The minimum absolute atomic E-state index is 0.0484. The molecule has 0 bridgehead atoms. The number of rotatable bonds is 3. The Bertz CT molecular complexity index is 877. The van der Waals surface area contributed by atoms with E-state index < -0.39 is 11.4 Å². The number of carboxylic acids is 1. The van der Waals surface area contributed by atoms with Crippen LogP contribution in [0.1, 0.15) is 32.9 Å². The predicted molar refractivity (Wildman–Crippen MR) is 87.5 cm³/mol. The Morgan fingerprint density at radius 3 is 2.33 bits per heavy atom. The van der Waals surface area contributed by atoms with Crippen molar-refractivity contribution in [3.8, 4) is 0 Å². The number of hydrogen-bond acceptors (Lipinski definition) is 4. The highest BCUT2D eigenvalue weighted by molar-refractivity contribution is 5.91. The zero-order chi connectivity index (χ0) is 16.6. The summed E-state index contributed by atoms with van der Waals surface area (Å²) < 4.78 is 0. The molecule has 0 saturated carbocycles. The standard InChI is InChI=1S/C18H14N4O2/c23-17(24)16-14-5-6-18(9-15(14)21-22-16,12-3-1-7-19-10-12)13-4-2-8-20-11-13/h1-8,10-11H,9H2,(H,21,22)(H,23,24). The molecule has 0 spiro atoms. The summed E-state index contributed by atoms with van der Waals surface area (Å²) in [5, 5.41) is 16.1. The van der Waals surface area contributed by atoms with Gasteiger partial charge in [0.25, 0.3) is 0 Å². The van der Waals surface area contributed by atoms with E-state index in [1.807, 2.05) is 48.8 Å². The molecule has 0 saturated heterocycles. The molecular formula is C18H14N4O2. The monoisotopic (exact) mass is 318 g/mol. The SMILES string of the molecule is O=C(O)c1n[nH]c2c1C=CC(c1cccnc1)(c1cccnc1)C2. The van der Waals surface area contributed by atoms with Crippen LogP contribution in [0.4, 0.5) is 0 Å². The van der Waals surface area contributed by atoms with Gasteiger partial charge in [0, 0.05) is 47.9 Å². The first kappa shape index (κ1) is 14.3. The van der Waals surface area contributed by atoms with E-state index in [2.05, 4.69) is 20.2 Å². The topological polar surface area (TPSA) is 91.8 Å². The molecule has 0 atom stereocenters. The number of allylic oxidation sites excluding steroid dienone is 1. The largest absolute Gasteiger partial charge is 0.476 e.